The highest BCUT2D eigenvalue weighted by atomic mass is 35.5. The monoisotopic (exact) mass is 310 g/mol. The molecule has 2 rings (SSSR count). The molecule has 0 aromatic heterocycles. The van der Waals surface area contributed by atoms with Gasteiger partial charge in [-0.15, -0.1) is 0 Å². The number of halogens is 1. The number of carbonyl (C=O) groups is 2. The molecule has 114 valence electrons. The first kappa shape index (κ1) is 15.6. The molecule has 0 bridgehead atoms. The molecule has 5 nitrogen and oxygen atoms in total. The van der Waals surface area contributed by atoms with Gasteiger partial charge in [-0.2, -0.15) is 0 Å². The summed E-state index contributed by atoms with van der Waals surface area (Å²) < 4.78 is 5.21. The third-order valence-electron chi connectivity index (χ3n) is 3.39. The molecule has 0 saturated heterocycles. The molecule has 21 heavy (non-hydrogen) atoms. The van der Waals surface area contributed by atoms with Crippen molar-refractivity contribution in [3.8, 4) is 0 Å². The molecule has 1 unspecified atom stereocenters. The summed E-state index contributed by atoms with van der Waals surface area (Å²) in [6, 6.07) is 4.52. The minimum absolute atomic E-state index is 0.139. The summed E-state index contributed by atoms with van der Waals surface area (Å²) in [5.74, 6) is -0.552. The first-order valence-electron chi connectivity index (χ1n) is 7.06. The highest BCUT2D eigenvalue weighted by molar-refractivity contribution is 6.31. The van der Waals surface area contributed by atoms with Gasteiger partial charge in [0.25, 0.3) is 0 Å². The molecule has 0 radical (unpaired) electrons. The number of hydrogen-bond acceptors (Lipinski definition) is 4. The van der Waals surface area contributed by atoms with Gasteiger partial charge < -0.3 is 10.1 Å². The number of nitrogens with zero attached hydrogens (tertiary/aromatic N) is 1. The Balaban J connectivity index is 2.18. The van der Waals surface area contributed by atoms with E-state index in [1.165, 1.54) is 4.90 Å². The Bertz CT molecular complexity index is 548. The Hall–Kier alpha value is -1.75. The van der Waals surface area contributed by atoms with Crippen LogP contribution < -0.4 is 10.2 Å². The van der Waals surface area contributed by atoms with Crippen LogP contribution in [0.4, 0.5) is 11.4 Å². The number of rotatable bonds is 5. The van der Waals surface area contributed by atoms with Crippen LogP contribution in [0.3, 0.4) is 0 Å². The lowest BCUT2D eigenvalue weighted by Crippen LogP contribution is -2.49. The van der Waals surface area contributed by atoms with E-state index in [9.17, 15) is 9.59 Å². The number of carbonyl (C=O) groups excluding carboxylic acids is 2. The lowest BCUT2D eigenvalue weighted by Gasteiger charge is -2.33. The maximum absolute atomic E-state index is 12.1. The molecule has 0 spiro atoms. The van der Waals surface area contributed by atoms with Gasteiger partial charge in [0, 0.05) is 5.02 Å². The summed E-state index contributed by atoms with van der Waals surface area (Å²) in [6.45, 7) is 4.22. The van der Waals surface area contributed by atoms with E-state index in [-0.39, 0.29) is 18.4 Å². The number of benzene rings is 1. The molecular weight excluding hydrogens is 292 g/mol. The molecule has 1 aromatic carbocycles. The second-order valence-corrected chi connectivity index (χ2v) is 5.41. The largest absolute Gasteiger partial charge is 0.464 e. The minimum Gasteiger partial charge on any atom is -0.464 e. The van der Waals surface area contributed by atoms with Crippen LogP contribution in [-0.2, 0) is 14.3 Å². The number of nitrogens with one attached hydrogen (secondary N) is 1. The smallest absolute Gasteiger partial charge is 0.328 e. The highest BCUT2D eigenvalue weighted by Crippen LogP contribution is 2.33. The van der Waals surface area contributed by atoms with Gasteiger partial charge in [-0.1, -0.05) is 24.9 Å². The van der Waals surface area contributed by atoms with E-state index in [1.54, 1.807) is 25.1 Å². The van der Waals surface area contributed by atoms with Crippen molar-refractivity contribution in [2.45, 2.75) is 32.7 Å². The molecule has 1 N–H and O–H groups in total. The molecule has 6 heteroatoms. The second kappa shape index (κ2) is 6.80. The summed E-state index contributed by atoms with van der Waals surface area (Å²) >= 11 is 5.95. The number of fused-ring (bicyclic) bond motifs is 1. The molecular formula is C15H19ClN2O3. The van der Waals surface area contributed by atoms with Gasteiger partial charge in [-0.25, -0.2) is 4.79 Å². The van der Waals surface area contributed by atoms with Crippen LogP contribution in [0.25, 0.3) is 0 Å². The van der Waals surface area contributed by atoms with Crippen molar-refractivity contribution in [3.05, 3.63) is 23.2 Å². The topological polar surface area (TPSA) is 58.6 Å². The SMILES string of the molecule is CCCCOC(=O)C(C)N1C(=O)CNc2cc(Cl)ccc21. The summed E-state index contributed by atoms with van der Waals surface area (Å²) in [5, 5.41) is 3.58. The van der Waals surface area contributed by atoms with Crippen molar-refractivity contribution < 1.29 is 14.3 Å². The Morgan fingerprint density at radius 3 is 3.00 bits per heavy atom. The van der Waals surface area contributed by atoms with E-state index in [0.29, 0.717) is 17.3 Å². The number of anilines is 2. The van der Waals surface area contributed by atoms with E-state index in [1.807, 2.05) is 6.92 Å². The summed E-state index contributed by atoms with van der Waals surface area (Å²) in [5.41, 5.74) is 1.39. The molecule has 1 amide bonds. The Labute approximate surface area is 129 Å². The number of esters is 1. The van der Waals surface area contributed by atoms with Crippen molar-refractivity contribution in [1.29, 1.82) is 0 Å². The highest BCUT2D eigenvalue weighted by Gasteiger charge is 2.32. The van der Waals surface area contributed by atoms with Crippen LogP contribution in [0.15, 0.2) is 18.2 Å². The normalized spacial score (nSPS) is 15.2. The maximum atomic E-state index is 12.1. The van der Waals surface area contributed by atoms with Crippen molar-refractivity contribution in [3.63, 3.8) is 0 Å². The fourth-order valence-electron chi connectivity index (χ4n) is 2.22. The lowest BCUT2D eigenvalue weighted by atomic mass is 10.1. The average Bonchev–Trinajstić information content (AvgIpc) is 2.47. The first-order chi connectivity index (χ1) is 10.0. The first-order valence-corrected chi connectivity index (χ1v) is 7.44. The summed E-state index contributed by atoms with van der Waals surface area (Å²) in [6.07, 6.45) is 1.77. The van der Waals surface area contributed by atoms with Crippen LogP contribution in [0.2, 0.25) is 5.02 Å². The zero-order chi connectivity index (χ0) is 15.4. The molecule has 1 aliphatic rings. The molecule has 0 fully saturated rings. The Kier molecular flexibility index (Phi) is 5.07. The predicted molar refractivity (Wildman–Crippen MR) is 82.8 cm³/mol. The average molecular weight is 311 g/mol. The van der Waals surface area contributed by atoms with E-state index < -0.39 is 6.04 Å². The van der Waals surface area contributed by atoms with Crippen molar-refractivity contribution in [2.24, 2.45) is 0 Å². The van der Waals surface area contributed by atoms with Crippen LogP contribution in [0.5, 0.6) is 0 Å². The van der Waals surface area contributed by atoms with E-state index >= 15 is 0 Å². The van der Waals surface area contributed by atoms with Crippen LogP contribution in [0, 0.1) is 0 Å². The van der Waals surface area contributed by atoms with Gasteiger partial charge in [0.15, 0.2) is 0 Å². The Morgan fingerprint density at radius 1 is 1.52 bits per heavy atom. The lowest BCUT2D eigenvalue weighted by molar-refractivity contribution is -0.146. The maximum Gasteiger partial charge on any atom is 0.328 e. The molecule has 0 saturated carbocycles. The number of unbranched alkanes of at least 4 members (excludes halogenated alkanes) is 1. The van der Waals surface area contributed by atoms with Gasteiger partial charge in [-0.3, -0.25) is 9.69 Å². The van der Waals surface area contributed by atoms with E-state index in [2.05, 4.69) is 5.32 Å². The van der Waals surface area contributed by atoms with Crippen molar-refractivity contribution >= 4 is 34.9 Å². The number of amides is 1. The van der Waals surface area contributed by atoms with E-state index in [4.69, 9.17) is 16.3 Å². The zero-order valence-corrected chi connectivity index (χ0v) is 12.9. The van der Waals surface area contributed by atoms with Gasteiger partial charge >= 0.3 is 5.97 Å². The zero-order valence-electron chi connectivity index (χ0n) is 12.2. The molecule has 1 aromatic rings. The second-order valence-electron chi connectivity index (χ2n) is 4.98. The van der Waals surface area contributed by atoms with Gasteiger partial charge in [-0.05, 0) is 31.5 Å². The minimum atomic E-state index is -0.656. The predicted octanol–water partition coefficient (Wildman–Crippen LogP) is 2.83. The van der Waals surface area contributed by atoms with Gasteiger partial charge in [0.1, 0.15) is 6.04 Å². The number of hydrogen-bond donors (Lipinski definition) is 1. The quantitative estimate of drug-likeness (QED) is 0.671. The Morgan fingerprint density at radius 2 is 2.29 bits per heavy atom. The van der Waals surface area contributed by atoms with Crippen LogP contribution in [-0.4, -0.2) is 31.1 Å². The van der Waals surface area contributed by atoms with Crippen LogP contribution in [0.1, 0.15) is 26.7 Å². The van der Waals surface area contributed by atoms with E-state index in [0.717, 1.165) is 18.5 Å². The molecule has 1 aliphatic heterocycles. The summed E-state index contributed by atoms with van der Waals surface area (Å²) in [4.78, 5) is 25.7. The third-order valence-corrected chi connectivity index (χ3v) is 3.62. The molecule has 1 heterocycles. The van der Waals surface area contributed by atoms with Crippen LogP contribution >= 0.6 is 11.6 Å². The standard InChI is InChI=1S/C15H19ClN2O3/c1-3-4-7-21-15(20)10(2)18-13-6-5-11(16)8-12(13)17-9-14(18)19/h5-6,8,10,17H,3-4,7,9H2,1-2H3. The summed E-state index contributed by atoms with van der Waals surface area (Å²) in [7, 11) is 0. The van der Waals surface area contributed by atoms with Crippen molar-refractivity contribution in [2.75, 3.05) is 23.4 Å². The fraction of sp³-hybridized carbons (Fsp3) is 0.467. The number of ether oxygens (including phenoxy) is 1. The van der Waals surface area contributed by atoms with Gasteiger partial charge in [0.2, 0.25) is 5.91 Å². The molecule has 0 aliphatic carbocycles. The fourth-order valence-corrected chi connectivity index (χ4v) is 2.39. The molecule has 1 atom stereocenters. The van der Waals surface area contributed by atoms with Gasteiger partial charge in [0.05, 0.1) is 24.5 Å². The van der Waals surface area contributed by atoms with Crippen molar-refractivity contribution in [1.82, 2.24) is 0 Å². The third kappa shape index (κ3) is 3.47.